The summed E-state index contributed by atoms with van der Waals surface area (Å²) in [6.45, 7) is 5.00. The van der Waals surface area contributed by atoms with Crippen LogP contribution >= 0.6 is 12.0 Å². The number of piperidine rings is 1. The van der Waals surface area contributed by atoms with E-state index in [1.165, 1.54) is 30.8 Å². The summed E-state index contributed by atoms with van der Waals surface area (Å²) in [7, 11) is 3.15. The highest BCUT2D eigenvalue weighted by molar-refractivity contribution is 7.94. The quantitative estimate of drug-likeness (QED) is 0.0451. The largest absolute Gasteiger partial charge is 0.495 e. The minimum absolute atomic E-state index is 0.0771. The summed E-state index contributed by atoms with van der Waals surface area (Å²) in [5, 5.41) is 5.72. The molecular formula is C41H41F2N7O5S. The molecule has 1 aliphatic heterocycles. The van der Waals surface area contributed by atoms with E-state index in [-0.39, 0.29) is 17.9 Å². The first kappa shape index (κ1) is 38.7. The molecule has 15 heteroatoms. The molecule has 4 heterocycles. The number of aromatic nitrogens is 4. The zero-order valence-corrected chi connectivity index (χ0v) is 31.9. The van der Waals surface area contributed by atoms with E-state index in [0.29, 0.717) is 51.6 Å². The fourth-order valence-electron chi connectivity index (χ4n) is 6.85. The number of ether oxygens (including phenoxy) is 2. The smallest absolute Gasteiger partial charge is 0.259 e. The highest BCUT2D eigenvalue weighted by atomic mass is 32.2. The number of nitrogens with one attached hydrogen (secondary N) is 2. The molecule has 0 radical (unpaired) electrons. The lowest BCUT2D eigenvalue weighted by Crippen LogP contribution is -2.34. The molecule has 0 aliphatic carbocycles. The average Bonchev–Trinajstić information content (AvgIpc) is 3.61. The molecule has 6 aromatic rings. The van der Waals surface area contributed by atoms with Crippen LogP contribution in [0.3, 0.4) is 0 Å². The summed E-state index contributed by atoms with van der Waals surface area (Å²) < 4.78 is 47.5. The van der Waals surface area contributed by atoms with Gasteiger partial charge < -0.3 is 25.0 Å². The molecule has 1 saturated heterocycles. The molecule has 0 saturated carbocycles. The maximum Gasteiger partial charge on any atom is 0.259 e. The van der Waals surface area contributed by atoms with Crippen molar-refractivity contribution in [3.05, 3.63) is 114 Å². The second-order valence-corrected chi connectivity index (χ2v) is 13.7. The number of methoxy groups -OCH3 is 1. The summed E-state index contributed by atoms with van der Waals surface area (Å²) in [6, 6.07) is 22.0. The van der Waals surface area contributed by atoms with Gasteiger partial charge in [-0.2, -0.15) is 4.33 Å². The Kier molecular flexibility index (Phi) is 12.4. The molecule has 290 valence electrons. The van der Waals surface area contributed by atoms with Crippen molar-refractivity contribution in [2.24, 2.45) is 0 Å². The standard InChI is InChI=1S/C41H41F2N7O5S/c1-4-54-34-14-12-28(24-29(34)40(51)48-38-30(42)8-7-9-31(38)43)37-39(50-19-6-5-10-36(50)47-37)33-15-18-44-41(46-33)45-32-13-11-27(25-35(32)52-2)26-16-20-49(21-17-26)22-23-56-55-53-3/h5-15,18-19,24-26H,4,16-17,20-23H2,1-3H3,(H,48,51)(H,44,45,46). The monoisotopic (exact) mass is 781 g/mol. The first-order valence-electron chi connectivity index (χ1n) is 18.2. The molecule has 2 N–H and O–H groups in total. The molecule has 3 aromatic heterocycles. The number of fused-ring (bicyclic) bond motifs is 1. The van der Waals surface area contributed by atoms with Crippen molar-refractivity contribution in [2.45, 2.75) is 25.7 Å². The molecule has 1 aliphatic rings. The Morgan fingerprint density at radius 3 is 2.54 bits per heavy atom. The van der Waals surface area contributed by atoms with Gasteiger partial charge >= 0.3 is 0 Å². The first-order chi connectivity index (χ1) is 27.4. The van der Waals surface area contributed by atoms with Gasteiger partial charge in [-0.15, -0.1) is 0 Å². The van der Waals surface area contributed by atoms with Gasteiger partial charge in [0.2, 0.25) is 5.95 Å². The third-order valence-corrected chi connectivity index (χ3v) is 10.1. The highest BCUT2D eigenvalue weighted by Crippen LogP contribution is 2.37. The summed E-state index contributed by atoms with van der Waals surface area (Å²) >= 11 is 1.32. The molecule has 7 rings (SSSR count). The summed E-state index contributed by atoms with van der Waals surface area (Å²) in [5.74, 6) is -0.00412. The number of para-hydroxylation sites is 1. The van der Waals surface area contributed by atoms with Crippen LogP contribution in [0.5, 0.6) is 11.5 Å². The van der Waals surface area contributed by atoms with Gasteiger partial charge in [0.05, 0.1) is 49.2 Å². The number of carbonyl (C=O) groups excluding carboxylic acids is 1. The number of hydrogen-bond donors (Lipinski definition) is 2. The molecule has 12 nitrogen and oxygen atoms in total. The number of imidazole rings is 1. The Morgan fingerprint density at radius 2 is 1.77 bits per heavy atom. The van der Waals surface area contributed by atoms with Crippen molar-refractivity contribution in [3.8, 4) is 34.1 Å². The number of likely N-dealkylation sites (tertiary alicyclic amines) is 1. The molecule has 56 heavy (non-hydrogen) atoms. The van der Waals surface area contributed by atoms with Gasteiger partial charge in [-0.05, 0) is 105 Å². The Balaban J connectivity index is 1.16. The Morgan fingerprint density at radius 1 is 0.946 bits per heavy atom. The predicted octanol–water partition coefficient (Wildman–Crippen LogP) is 8.55. The normalized spacial score (nSPS) is 13.5. The van der Waals surface area contributed by atoms with Crippen molar-refractivity contribution in [2.75, 3.05) is 56.8 Å². The Labute approximate surface area is 327 Å². The van der Waals surface area contributed by atoms with Crippen LogP contribution in [0.4, 0.5) is 26.1 Å². The van der Waals surface area contributed by atoms with Gasteiger partial charge in [-0.3, -0.25) is 9.20 Å². The van der Waals surface area contributed by atoms with Gasteiger partial charge in [-0.25, -0.2) is 28.6 Å². The number of carbonyl (C=O) groups is 1. The second-order valence-electron chi connectivity index (χ2n) is 13.0. The minimum atomic E-state index is -0.895. The number of amides is 1. The zero-order chi connectivity index (χ0) is 39.0. The van der Waals surface area contributed by atoms with Crippen LogP contribution in [0, 0.1) is 11.6 Å². The van der Waals surface area contributed by atoms with Crippen molar-refractivity contribution < 1.29 is 32.3 Å². The van der Waals surface area contributed by atoms with Crippen LogP contribution in [0.1, 0.15) is 41.6 Å². The van der Waals surface area contributed by atoms with E-state index in [9.17, 15) is 13.6 Å². The maximum absolute atomic E-state index is 14.5. The number of hydrogen-bond acceptors (Lipinski definition) is 11. The topological polar surface area (TPSA) is 124 Å². The van der Waals surface area contributed by atoms with E-state index in [4.69, 9.17) is 23.8 Å². The Hall–Kier alpha value is -5.61. The lowest BCUT2D eigenvalue weighted by Gasteiger charge is -2.32. The molecule has 1 amide bonds. The lowest BCUT2D eigenvalue weighted by atomic mass is 9.89. The average molecular weight is 782 g/mol. The fourth-order valence-corrected chi connectivity index (χ4v) is 7.35. The van der Waals surface area contributed by atoms with E-state index in [2.05, 4.69) is 37.5 Å². The summed E-state index contributed by atoms with van der Waals surface area (Å²) in [4.78, 5) is 35.0. The zero-order valence-electron chi connectivity index (χ0n) is 31.1. The van der Waals surface area contributed by atoms with E-state index in [1.807, 2.05) is 34.9 Å². The highest BCUT2D eigenvalue weighted by Gasteiger charge is 2.24. The van der Waals surface area contributed by atoms with Crippen LogP contribution in [0.25, 0.3) is 28.3 Å². The van der Waals surface area contributed by atoms with Gasteiger partial charge in [0.1, 0.15) is 34.5 Å². The van der Waals surface area contributed by atoms with E-state index in [0.717, 1.165) is 50.4 Å². The van der Waals surface area contributed by atoms with Crippen molar-refractivity contribution in [3.63, 3.8) is 0 Å². The second kappa shape index (κ2) is 17.9. The van der Waals surface area contributed by atoms with Gasteiger partial charge in [-0.1, -0.05) is 18.2 Å². The maximum atomic E-state index is 14.5. The molecule has 1 fully saturated rings. The van der Waals surface area contributed by atoms with Crippen LogP contribution in [0.2, 0.25) is 0 Å². The Bertz CT molecular complexity index is 2300. The predicted molar refractivity (Wildman–Crippen MR) is 212 cm³/mol. The van der Waals surface area contributed by atoms with Crippen LogP contribution in [-0.2, 0) is 9.22 Å². The van der Waals surface area contributed by atoms with E-state index >= 15 is 0 Å². The van der Waals surface area contributed by atoms with Crippen molar-refractivity contribution in [1.82, 2.24) is 24.3 Å². The molecule has 0 unspecified atom stereocenters. The van der Waals surface area contributed by atoms with Crippen molar-refractivity contribution in [1.29, 1.82) is 0 Å². The summed E-state index contributed by atoms with van der Waals surface area (Å²) in [5.41, 5.74) is 4.37. The number of halogens is 2. The van der Waals surface area contributed by atoms with Gasteiger partial charge in [0.25, 0.3) is 5.91 Å². The molecular weight excluding hydrogens is 741 g/mol. The SMILES string of the molecule is CCOc1ccc(-c2nc3ccccn3c2-c2ccnc(Nc3ccc(C4CCN(CCSOOC)CC4)cc3OC)n2)cc1C(=O)Nc1c(F)cccc1F. The molecule has 0 spiro atoms. The van der Waals surface area contributed by atoms with E-state index < -0.39 is 23.2 Å². The van der Waals surface area contributed by atoms with Crippen LogP contribution in [0.15, 0.2) is 91.3 Å². The third kappa shape index (κ3) is 8.60. The summed E-state index contributed by atoms with van der Waals surface area (Å²) in [6.07, 6.45) is 5.62. The van der Waals surface area contributed by atoms with Crippen LogP contribution < -0.4 is 20.1 Å². The molecule has 3 aromatic carbocycles. The number of anilines is 3. The van der Waals surface area contributed by atoms with Crippen LogP contribution in [-0.4, -0.2) is 76.4 Å². The fraction of sp³-hybridized carbons (Fsp3) is 0.268. The molecule has 0 atom stereocenters. The van der Waals surface area contributed by atoms with E-state index in [1.54, 1.807) is 44.5 Å². The number of pyridine rings is 1. The minimum Gasteiger partial charge on any atom is -0.495 e. The number of benzene rings is 3. The van der Waals surface area contributed by atoms with Gasteiger partial charge in [0, 0.05) is 42.3 Å². The number of nitrogens with zero attached hydrogens (tertiary/aromatic N) is 5. The number of rotatable bonds is 15. The first-order valence-corrected chi connectivity index (χ1v) is 19.1. The van der Waals surface area contributed by atoms with Gasteiger partial charge in [0.15, 0.2) is 0 Å². The van der Waals surface area contributed by atoms with Crippen molar-refractivity contribution >= 4 is 40.9 Å². The lowest BCUT2D eigenvalue weighted by molar-refractivity contribution is -0.160. The molecule has 0 bridgehead atoms. The third-order valence-electron chi connectivity index (χ3n) is 9.56.